The number of rotatable bonds is 4. The van der Waals surface area contributed by atoms with Crippen LogP contribution in [0.4, 0.5) is 4.79 Å². The normalized spacial score (nSPS) is 13.8. The zero-order valence-corrected chi connectivity index (χ0v) is 14.4. The molecule has 1 aliphatic rings. The van der Waals surface area contributed by atoms with Crippen molar-refractivity contribution >= 4 is 23.0 Å². The largest absolute Gasteiger partial charge is 0.449 e. The average molecular weight is 341 g/mol. The van der Waals surface area contributed by atoms with E-state index in [1.165, 1.54) is 22.3 Å². The van der Waals surface area contributed by atoms with Crippen molar-refractivity contribution in [1.29, 1.82) is 0 Å². The maximum atomic E-state index is 12.0. The predicted octanol–water partition coefficient (Wildman–Crippen LogP) is 3.80. The minimum atomic E-state index is -0.563. The number of amides is 1. The number of nitrogens with one attached hydrogen (secondary N) is 1. The molecule has 4 nitrogen and oxygen atoms in total. The Morgan fingerprint density at radius 3 is 2.17 bits per heavy atom. The van der Waals surface area contributed by atoms with Crippen molar-refractivity contribution in [2.45, 2.75) is 18.9 Å². The van der Waals surface area contributed by atoms with Crippen LogP contribution in [0, 0.1) is 0 Å². The second kappa shape index (κ2) is 7.09. The van der Waals surface area contributed by atoms with E-state index in [9.17, 15) is 9.59 Å². The summed E-state index contributed by atoms with van der Waals surface area (Å²) in [6.45, 7) is 1.90. The van der Waals surface area contributed by atoms with Crippen LogP contribution in [0.5, 0.6) is 0 Å². The lowest BCUT2D eigenvalue weighted by molar-refractivity contribution is -0.112. The summed E-state index contributed by atoms with van der Waals surface area (Å²) < 4.78 is 5.39. The summed E-state index contributed by atoms with van der Waals surface area (Å²) in [4.78, 5) is 23.5. The van der Waals surface area contributed by atoms with E-state index < -0.39 is 12.1 Å². The molecule has 0 saturated heterocycles. The molecule has 1 atom stereocenters. The van der Waals surface area contributed by atoms with Crippen LogP contribution >= 0.6 is 11.8 Å². The van der Waals surface area contributed by atoms with Gasteiger partial charge in [0.05, 0.1) is 6.04 Å². The van der Waals surface area contributed by atoms with Gasteiger partial charge in [-0.1, -0.05) is 60.3 Å². The lowest BCUT2D eigenvalue weighted by Crippen LogP contribution is -2.38. The zero-order valence-electron chi connectivity index (χ0n) is 13.6. The number of thioether (sulfide) groups is 1. The number of hydrogen-bond acceptors (Lipinski definition) is 4. The Labute approximate surface area is 145 Å². The van der Waals surface area contributed by atoms with Crippen molar-refractivity contribution in [3.8, 4) is 11.1 Å². The van der Waals surface area contributed by atoms with Crippen molar-refractivity contribution in [1.82, 2.24) is 5.32 Å². The lowest BCUT2D eigenvalue weighted by atomic mass is 9.98. The van der Waals surface area contributed by atoms with Gasteiger partial charge in [0.25, 0.3) is 0 Å². The van der Waals surface area contributed by atoms with Crippen LogP contribution in [0.25, 0.3) is 11.1 Å². The molecular formula is C19H19NO3S. The van der Waals surface area contributed by atoms with Crippen LogP contribution in [0.2, 0.25) is 0 Å². The van der Waals surface area contributed by atoms with Gasteiger partial charge in [0.1, 0.15) is 6.61 Å². The Hall–Kier alpha value is -2.27. The number of fused-ring (bicyclic) bond motifs is 3. The van der Waals surface area contributed by atoms with Gasteiger partial charge in [-0.3, -0.25) is 4.79 Å². The first-order valence-electron chi connectivity index (χ1n) is 7.81. The quantitative estimate of drug-likeness (QED) is 0.919. The number of ether oxygens (including phenoxy) is 1. The SMILES string of the molecule is CSC(=O)[C@H](C)NC(=O)OCC1c2ccccc2-c2ccccc21. The van der Waals surface area contributed by atoms with E-state index in [0.29, 0.717) is 0 Å². The van der Waals surface area contributed by atoms with E-state index in [1.54, 1.807) is 13.2 Å². The number of carbonyl (C=O) groups excluding carboxylic acids is 2. The van der Waals surface area contributed by atoms with Crippen molar-refractivity contribution < 1.29 is 14.3 Å². The Kier molecular flexibility index (Phi) is 4.90. The van der Waals surface area contributed by atoms with E-state index in [4.69, 9.17) is 4.74 Å². The van der Waals surface area contributed by atoms with Crippen molar-refractivity contribution in [2.24, 2.45) is 0 Å². The van der Waals surface area contributed by atoms with Gasteiger partial charge in [-0.2, -0.15) is 0 Å². The molecule has 0 spiro atoms. The van der Waals surface area contributed by atoms with E-state index in [-0.39, 0.29) is 17.6 Å². The zero-order chi connectivity index (χ0) is 17.1. The predicted molar refractivity (Wildman–Crippen MR) is 96.2 cm³/mol. The molecule has 0 aromatic heterocycles. The highest BCUT2D eigenvalue weighted by molar-refractivity contribution is 8.13. The summed E-state index contributed by atoms with van der Waals surface area (Å²) in [5, 5.41) is 2.48. The van der Waals surface area contributed by atoms with Gasteiger partial charge >= 0.3 is 6.09 Å². The standard InChI is InChI=1S/C19H19NO3S/c1-12(18(21)24-2)20-19(22)23-11-17-15-9-5-3-7-13(15)14-8-4-6-10-16(14)17/h3-10,12,17H,11H2,1-2H3,(H,20,22)/t12-/m0/s1. The van der Waals surface area contributed by atoms with E-state index in [2.05, 4.69) is 29.6 Å². The van der Waals surface area contributed by atoms with Crippen LogP contribution in [0.1, 0.15) is 24.0 Å². The molecule has 5 heteroatoms. The molecule has 0 bridgehead atoms. The van der Waals surface area contributed by atoms with Crippen molar-refractivity contribution in [2.75, 3.05) is 12.9 Å². The van der Waals surface area contributed by atoms with Gasteiger partial charge in [-0.15, -0.1) is 0 Å². The van der Waals surface area contributed by atoms with Crippen molar-refractivity contribution in [3.05, 3.63) is 59.7 Å². The summed E-state index contributed by atoms with van der Waals surface area (Å²) in [6, 6.07) is 15.8. The Bertz CT molecular complexity index is 729. The molecule has 0 unspecified atom stereocenters. The fraction of sp³-hybridized carbons (Fsp3) is 0.263. The molecular weight excluding hydrogens is 322 g/mol. The number of benzene rings is 2. The van der Waals surface area contributed by atoms with Gasteiger partial charge in [-0.05, 0) is 35.4 Å². The summed E-state index contributed by atoms with van der Waals surface area (Å²) in [5.41, 5.74) is 4.71. The summed E-state index contributed by atoms with van der Waals surface area (Å²) in [6.07, 6.45) is 1.13. The monoisotopic (exact) mass is 341 g/mol. The topological polar surface area (TPSA) is 55.4 Å². The molecule has 24 heavy (non-hydrogen) atoms. The van der Waals surface area contributed by atoms with Gasteiger partial charge < -0.3 is 10.1 Å². The van der Waals surface area contributed by atoms with Gasteiger partial charge in [-0.25, -0.2) is 4.79 Å². The van der Waals surface area contributed by atoms with Gasteiger partial charge in [0, 0.05) is 5.92 Å². The molecule has 1 aliphatic carbocycles. The highest BCUT2D eigenvalue weighted by atomic mass is 32.2. The highest BCUT2D eigenvalue weighted by Gasteiger charge is 2.29. The molecule has 0 saturated carbocycles. The summed E-state index contributed by atoms with van der Waals surface area (Å²) in [5.74, 6) is 0.0229. The molecule has 2 aromatic carbocycles. The van der Waals surface area contributed by atoms with Crippen LogP contribution in [-0.2, 0) is 9.53 Å². The molecule has 2 aromatic rings. The Balaban J connectivity index is 1.72. The third-order valence-electron chi connectivity index (χ3n) is 4.23. The van der Waals surface area contributed by atoms with Gasteiger partial charge in [0.15, 0.2) is 0 Å². The van der Waals surface area contributed by atoms with Crippen LogP contribution in [-0.4, -0.2) is 30.1 Å². The minimum absolute atomic E-state index is 0.0229. The summed E-state index contributed by atoms with van der Waals surface area (Å²) in [7, 11) is 0. The fourth-order valence-electron chi connectivity index (χ4n) is 3.05. The van der Waals surface area contributed by atoms with E-state index >= 15 is 0 Å². The fourth-order valence-corrected chi connectivity index (χ4v) is 3.47. The first-order valence-corrected chi connectivity index (χ1v) is 9.03. The minimum Gasteiger partial charge on any atom is -0.449 e. The third-order valence-corrected chi connectivity index (χ3v) is 4.99. The molecule has 0 radical (unpaired) electrons. The molecule has 124 valence electrons. The molecule has 0 heterocycles. The Morgan fingerprint density at radius 1 is 1.08 bits per heavy atom. The second-order valence-electron chi connectivity index (χ2n) is 5.71. The molecule has 0 aliphatic heterocycles. The first kappa shape index (κ1) is 16.6. The molecule has 1 amide bonds. The van der Waals surface area contributed by atoms with E-state index in [0.717, 1.165) is 11.8 Å². The Morgan fingerprint density at radius 2 is 1.62 bits per heavy atom. The maximum Gasteiger partial charge on any atom is 0.407 e. The first-order chi connectivity index (χ1) is 11.6. The average Bonchev–Trinajstić information content (AvgIpc) is 2.93. The number of hydrogen-bond donors (Lipinski definition) is 1. The second-order valence-corrected chi connectivity index (χ2v) is 6.53. The smallest absolute Gasteiger partial charge is 0.407 e. The van der Waals surface area contributed by atoms with Crippen molar-refractivity contribution in [3.63, 3.8) is 0 Å². The third kappa shape index (κ3) is 3.17. The number of alkyl carbamates (subject to hydrolysis) is 1. The number of carbonyl (C=O) groups is 2. The van der Waals surface area contributed by atoms with Crippen LogP contribution in [0.3, 0.4) is 0 Å². The highest BCUT2D eigenvalue weighted by Crippen LogP contribution is 2.44. The molecule has 3 rings (SSSR count). The van der Waals surface area contributed by atoms with Gasteiger partial charge in [0.2, 0.25) is 5.12 Å². The lowest BCUT2D eigenvalue weighted by Gasteiger charge is -2.16. The summed E-state index contributed by atoms with van der Waals surface area (Å²) >= 11 is 1.09. The van der Waals surface area contributed by atoms with Crippen LogP contribution in [0.15, 0.2) is 48.5 Å². The molecule has 0 fully saturated rings. The molecule has 1 N–H and O–H groups in total. The van der Waals surface area contributed by atoms with Crippen LogP contribution < -0.4 is 5.32 Å². The maximum absolute atomic E-state index is 12.0. The van der Waals surface area contributed by atoms with E-state index in [1.807, 2.05) is 24.3 Å².